The second kappa shape index (κ2) is 6.58. The maximum atomic E-state index is 13.9. The summed E-state index contributed by atoms with van der Waals surface area (Å²) in [4.78, 5) is 28.7. The lowest BCUT2D eigenvalue weighted by atomic mass is 9.72. The zero-order chi connectivity index (χ0) is 21.3. The summed E-state index contributed by atoms with van der Waals surface area (Å²) in [5, 5.41) is 8.70. The second-order valence-corrected chi connectivity index (χ2v) is 9.26. The van der Waals surface area contributed by atoms with E-state index in [0.29, 0.717) is 22.4 Å². The highest BCUT2D eigenvalue weighted by atomic mass is 35.5. The number of hydrogen-bond acceptors (Lipinski definition) is 3. The fraction of sp³-hybridized carbons (Fsp3) is 0.261. The van der Waals surface area contributed by atoms with Crippen LogP contribution in [0.15, 0.2) is 48.7 Å². The van der Waals surface area contributed by atoms with E-state index in [0.717, 1.165) is 35.2 Å². The molecule has 1 aliphatic carbocycles. The van der Waals surface area contributed by atoms with E-state index in [9.17, 15) is 9.59 Å². The number of hydrogen-bond donors (Lipinski definition) is 1. The molecule has 1 aromatic heterocycles. The predicted molar refractivity (Wildman–Crippen MR) is 119 cm³/mol. The normalized spacial score (nSPS) is 21.9. The minimum absolute atomic E-state index is 0.0437. The summed E-state index contributed by atoms with van der Waals surface area (Å²) in [5.74, 6) is 0.291. The molecule has 3 aromatic rings. The summed E-state index contributed by atoms with van der Waals surface area (Å²) in [6.07, 6.45) is 3.70. The molecule has 1 spiro atoms. The van der Waals surface area contributed by atoms with Crippen LogP contribution in [0.2, 0.25) is 10.0 Å². The molecule has 0 saturated heterocycles. The van der Waals surface area contributed by atoms with Gasteiger partial charge in [0.1, 0.15) is 11.2 Å². The summed E-state index contributed by atoms with van der Waals surface area (Å²) < 4.78 is 1.73. The van der Waals surface area contributed by atoms with Crippen LogP contribution in [0, 0.1) is 0 Å². The fourth-order valence-electron chi connectivity index (χ4n) is 4.84. The Balaban J connectivity index is 1.51. The minimum Gasteiger partial charge on any atom is -0.311 e. The van der Waals surface area contributed by atoms with Gasteiger partial charge < -0.3 is 10.2 Å². The number of carbonyl (C=O) groups excluding carboxylic acids is 2. The van der Waals surface area contributed by atoms with Crippen molar-refractivity contribution in [3.63, 3.8) is 0 Å². The number of amides is 2. The molecule has 6 nitrogen and oxygen atoms in total. The van der Waals surface area contributed by atoms with Crippen LogP contribution in [-0.2, 0) is 21.5 Å². The molecule has 6 rings (SSSR count). The van der Waals surface area contributed by atoms with Gasteiger partial charge in [0.2, 0.25) is 11.8 Å². The SMILES string of the molecule is O=C1CC2(C(=O)N(C3CC3)c3ccc(Cl)cc32)c2cnn(Cc3ccc(Cl)cc3)c2N1. The number of aromatic nitrogens is 2. The monoisotopic (exact) mass is 452 g/mol. The van der Waals surface area contributed by atoms with Crippen LogP contribution in [0.1, 0.15) is 36.0 Å². The number of halogens is 2. The highest BCUT2D eigenvalue weighted by Crippen LogP contribution is 2.55. The van der Waals surface area contributed by atoms with Crippen LogP contribution in [0.5, 0.6) is 0 Å². The maximum absolute atomic E-state index is 13.9. The molecule has 3 aliphatic rings. The van der Waals surface area contributed by atoms with Gasteiger partial charge in [0.25, 0.3) is 0 Å². The lowest BCUT2D eigenvalue weighted by molar-refractivity contribution is -0.126. The molecule has 1 N–H and O–H groups in total. The molecule has 1 atom stereocenters. The highest BCUT2D eigenvalue weighted by molar-refractivity contribution is 6.31. The van der Waals surface area contributed by atoms with E-state index in [2.05, 4.69) is 10.4 Å². The predicted octanol–water partition coefficient (Wildman–Crippen LogP) is 4.38. The van der Waals surface area contributed by atoms with E-state index in [4.69, 9.17) is 23.2 Å². The number of anilines is 2. The van der Waals surface area contributed by atoms with Crippen LogP contribution in [-0.4, -0.2) is 27.6 Å². The van der Waals surface area contributed by atoms with E-state index in [1.54, 1.807) is 16.9 Å². The Morgan fingerprint density at radius 2 is 1.77 bits per heavy atom. The molecule has 1 saturated carbocycles. The van der Waals surface area contributed by atoms with Gasteiger partial charge in [-0.25, -0.2) is 4.68 Å². The van der Waals surface area contributed by atoms with Crippen LogP contribution in [0.25, 0.3) is 0 Å². The Morgan fingerprint density at radius 3 is 2.52 bits per heavy atom. The Bertz CT molecular complexity index is 1250. The molecule has 31 heavy (non-hydrogen) atoms. The third-order valence-corrected chi connectivity index (χ3v) is 6.89. The van der Waals surface area contributed by atoms with Crippen molar-refractivity contribution in [2.45, 2.75) is 37.3 Å². The molecule has 1 unspecified atom stereocenters. The number of fused-ring (bicyclic) bond motifs is 4. The van der Waals surface area contributed by atoms with Crippen molar-refractivity contribution in [2.24, 2.45) is 0 Å². The van der Waals surface area contributed by atoms with Crippen molar-refractivity contribution in [2.75, 3.05) is 10.2 Å². The van der Waals surface area contributed by atoms with E-state index in [1.807, 2.05) is 41.3 Å². The van der Waals surface area contributed by atoms with Gasteiger partial charge in [-0.2, -0.15) is 5.10 Å². The molecule has 8 heteroatoms. The number of benzene rings is 2. The quantitative estimate of drug-likeness (QED) is 0.641. The van der Waals surface area contributed by atoms with Gasteiger partial charge in [-0.1, -0.05) is 35.3 Å². The Hall–Kier alpha value is -2.83. The van der Waals surface area contributed by atoms with E-state index >= 15 is 0 Å². The topological polar surface area (TPSA) is 67.2 Å². The van der Waals surface area contributed by atoms with Gasteiger partial charge in [-0.05, 0) is 54.3 Å². The standard InChI is InChI=1S/C23H18Cl2N4O2/c24-14-3-1-13(2-4-14)12-28-21-18(11-26-28)23(10-20(30)27-21)17-9-15(25)5-8-19(17)29(22(23)31)16-6-7-16/h1-5,8-9,11,16H,6-7,10,12H2,(H,27,30). The van der Waals surface area contributed by atoms with Crippen molar-refractivity contribution in [1.82, 2.24) is 9.78 Å². The van der Waals surface area contributed by atoms with Crippen LogP contribution in [0.3, 0.4) is 0 Å². The third-order valence-electron chi connectivity index (χ3n) is 6.40. The summed E-state index contributed by atoms with van der Waals surface area (Å²) in [6.45, 7) is 0.450. The molecule has 3 heterocycles. The summed E-state index contributed by atoms with van der Waals surface area (Å²) in [7, 11) is 0. The maximum Gasteiger partial charge on any atom is 0.243 e. The molecule has 156 valence electrons. The molecule has 1 fully saturated rings. The minimum atomic E-state index is -1.10. The third kappa shape index (κ3) is 2.75. The van der Waals surface area contributed by atoms with Gasteiger partial charge in [0, 0.05) is 33.8 Å². The zero-order valence-electron chi connectivity index (χ0n) is 16.4. The summed E-state index contributed by atoms with van der Waals surface area (Å²) in [6, 6.07) is 13.2. The van der Waals surface area contributed by atoms with Gasteiger partial charge >= 0.3 is 0 Å². The molecule has 2 aliphatic heterocycles. The average Bonchev–Trinajstić information content (AvgIpc) is 3.46. The molecular weight excluding hydrogens is 435 g/mol. The largest absolute Gasteiger partial charge is 0.311 e. The van der Waals surface area contributed by atoms with Crippen LogP contribution >= 0.6 is 23.2 Å². The van der Waals surface area contributed by atoms with Gasteiger partial charge in [0.15, 0.2) is 0 Å². The molecule has 2 aromatic carbocycles. The Labute approximate surface area is 188 Å². The summed E-state index contributed by atoms with van der Waals surface area (Å²) in [5.41, 5.74) is 2.25. The first-order chi connectivity index (χ1) is 15.0. The highest BCUT2D eigenvalue weighted by Gasteiger charge is 2.59. The zero-order valence-corrected chi connectivity index (χ0v) is 18.0. The lowest BCUT2D eigenvalue weighted by Crippen LogP contribution is -2.47. The first-order valence-corrected chi connectivity index (χ1v) is 11.0. The lowest BCUT2D eigenvalue weighted by Gasteiger charge is -2.32. The first-order valence-electron chi connectivity index (χ1n) is 10.2. The molecular formula is C23H18Cl2N4O2. The molecule has 0 radical (unpaired) electrons. The fourth-order valence-corrected chi connectivity index (χ4v) is 5.14. The van der Waals surface area contributed by atoms with Crippen molar-refractivity contribution in [3.8, 4) is 0 Å². The smallest absolute Gasteiger partial charge is 0.243 e. The molecule has 0 bridgehead atoms. The van der Waals surface area contributed by atoms with Gasteiger partial charge in [-0.3, -0.25) is 9.59 Å². The Kier molecular flexibility index (Phi) is 4.01. The van der Waals surface area contributed by atoms with Crippen LogP contribution < -0.4 is 10.2 Å². The number of nitrogens with zero attached hydrogens (tertiary/aromatic N) is 3. The number of rotatable bonds is 3. The van der Waals surface area contributed by atoms with Gasteiger partial charge in [0.05, 0.1) is 12.7 Å². The van der Waals surface area contributed by atoms with Gasteiger partial charge in [-0.15, -0.1) is 0 Å². The van der Waals surface area contributed by atoms with E-state index < -0.39 is 5.41 Å². The Morgan fingerprint density at radius 1 is 1.03 bits per heavy atom. The average molecular weight is 453 g/mol. The van der Waals surface area contributed by atoms with E-state index in [1.165, 1.54) is 0 Å². The second-order valence-electron chi connectivity index (χ2n) is 8.39. The van der Waals surface area contributed by atoms with Crippen molar-refractivity contribution in [3.05, 3.63) is 75.4 Å². The van der Waals surface area contributed by atoms with Crippen LogP contribution in [0.4, 0.5) is 11.5 Å². The van der Waals surface area contributed by atoms with Crippen molar-refractivity contribution < 1.29 is 9.59 Å². The summed E-state index contributed by atoms with van der Waals surface area (Å²) >= 11 is 12.3. The number of carbonyl (C=O) groups is 2. The first kappa shape index (κ1) is 18.9. The number of nitrogens with one attached hydrogen (secondary N) is 1. The van der Waals surface area contributed by atoms with E-state index in [-0.39, 0.29) is 24.3 Å². The van der Waals surface area contributed by atoms with Crippen molar-refractivity contribution in [1.29, 1.82) is 0 Å². The van der Waals surface area contributed by atoms with Crippen molar-refractivity contribution >= 4 is 46.5 Å². The molecule has 2 amide bonds.